The highest BCUT2D eigenvalue weighted by atomic mass is 16.5. The maximum absolute atomic E-state index is 12.9. The zero-order valence-corrected chi connectivity index (χ0v) is 17.0. The monoisotopic (exact) mass is 393 g/mol. The van der Waals surface area contributed by atoms with Crippen LogP contribution in [0.1, 0.15) is 36.1 Å². The van der Waals surface area contributed by atoms with Crippen molar-refractivity contribution < 1.29 is 9.53 Å². The summed E-state index contributed by atoms with van der Waals surface area (Å²) in [4.78, 5) is 19.2. The van der Waals surface area contributed by atoms with Crippen LogP contribution < -0.4 is 4.74 Å². The van der Waals surface area contributed by atoms with Gasteiger partial charge >= 0.3 is 0 Å². The number of nitrogens with zero attached hydrogens (tertiary/aromatic N) is 4. The summed E-state index contributed by atoms with van der Waals surface area (Å²) in [5.41, 5.74) is 2.20. The van der Waals surface area contributed by atoms with Crippen LogP contribution in [0.5, 0.6) is 5.75 Å². The van der Waals surface area contributed by atoms with Crippen LogP contribution >= 0.6 is 0 Å². The summed E-state index contributed by atoms with van der Waals surface area (Å²) >= 11 is 0. The summed E-state index contributed by atoms with van der Waals surface area (Å²) in [7, 11) is 1.64. The second-order valence-electron chi connectivity index (χ2n) is 7.48. The zero-order chi connectivity index (χ0) is 20.2. The SMILES string of the molecule is CCc1nccn1CC1CCN(C(=O)c2cc(-c3cccc(OC)c3)n[nH]2)CC1. The number of methoxy groups -OCH3 is 1. The van der Waals surface area contributed by atoms with Crippen molar-refractivity contribution in [1.29, 1.82) is 0 Å². The fourth-order valence-corrected chi connectivity index (χ4v) is 3.95. The summed E-state index contributed by atoms with van der Waals surface area (Å²) in [6, 6.07) is 9.50. The Morgan fingerprint density at radius 1 is 1.28 bits per heavy atom. The van der Waals surface area contributed by atoms with Crippen LogP contribution in [0.2, 0.25) is 0 Å². The number of carbonyl (C=O) groups excluding carboxylic acids is 1. The Balaban J connectivity index is 1.37. The molecular formula is C22H27N5O2. The number of amides is 1. The molecule has 29 heavy (non-hydrogen) atoms. The number of carbonyl (C=O) groups is 1. The average Bonchev–Trinajstić information content (AvgIpc) is 3.43. The predicted molar refractivity (Wildman–Crippen MR) is 111 cm³/mol. The first-order chi connectivity index (χ1) is 14.2. The summed E-state index contributed by atoms with van der Waals surface area (Å²) in [5, 5.41) is 7.23. The van der Waals surface area contributed by atoms with E-state index in [0.717, 1.165) is 61.7 Å². The molecule has 1 aliphatic heterocycles. The Hall–Kier alpha value is -3.09. The first-order valence-corrected chi connectivity index (χ1v) is 10.2. The quantitative estimate of drug-likeness (QED) is 0.696. The van der Waals surface area contributed by atoms with Crippen molar-refractivity contribution in [2.75, 3.05) is 20.2 Å². The van der Waals surface area contributed by atoms with Crippen LogP contribution in [0.15, 0.2) is 42.7 Å². The van der Waals surface area contributed by atoms with Gasteiger partial charge in [-0.15, -0.1) is 0 Å². The van der Waals surface area contributed by atoms with Gasteiger partial charge in [-0.05, 0) is 37.0 Å². The molecule has 1 saturated heterocycles. The van der Waals surface area contributed by atoms with Gasteiger partial charge in [-0.25, -0.2) is 4.98 Å². The summed E-state index contributed by atoms with van der Waals surface area (Å²) in [5.74, 6) is 2.49. The fraction of sp³-hybridized carbons (Fsp3) is 0.409. The molecule has 0 spiro atoms. The number of ether oxygens (including phenoxy) is 1. The van der Waals surface area contributed by atoms with Crippen molar-refractivity contribution in [1.82, 2.24) is 24.6 Å². The van der Waals surface area contributed by atoms with Crippen molar-refractivity contribution >= 4 is 5.91 Å². The minimum atomic E-state index is 0.0157. The van der Waals surface area contributed by atoms with E-state index in [1.165, 1.54) is 0 Å². The smallest absolute Gasteiger partial charge is 0.271 e. The average molecular weight is 393 g/mol. The largest absolute Gasteiger partial charge is 0.497 e. The molecule has 1 fully saturated rings. The Labute approximate surface area is 170 Å². The number of nitrogens with one attached hydrogen (secondary N) is 1. The Morgan fingerprint density at radius 3 is 2.86 bits per heavy atom. The highest BCUT2D eigenvalue weighted by Crippen LogP contribution is 2.24. The van der Waals surface area contributed by atoms with E-state index in [9.17, 15) is 4.79 Å². The number of aromatic nitrogens is 4. The Bertz CT molecular complexity index is 969. The van der Waals surface area contributed by atoms with Crippen LogP contribution in [0.25, 0.3) is 11.3 Å². The third-order valence-corrected chi connectivity index (χ3v) is 5.65. The molecule has 0 aliphatic carbocycles. The van der Waals surface area contributed by atoms with E-state index in [-0.39, 0.29) is 5.91 Å². The molecule has 1 N–H and O–H groups in total. The van der Waals surface area contributed by atoms with Crippen molar-refractivity contribution in [2.45, 2.75) is 32.7 Å². The zero-order valence-electron chi connectivity index (χ0n) is 17.0. The van der Waals surface area contributed by atoms with Crippen molar-refractivity contribution in [3.05, 3.63) is 54.2 Å². The van der Waals surface area contributed by atoms with Gasteiger partial charge in [0.25, 0.3) is 5.91 Å². The fourth-order valence-electron chi connectivity index (χ4n) is 3.95. The number of aryl methyl sites for hydroxylation is 1. The molecule has 4 rings (SSSR count). The normalized spacial score (nSPS) is 14.9. The van der Waals surface area contributed by atoms with Crippen LogP contribution in [0, 0.1) is 5.92 Å². The molecule has 0 saturated carbocycles. The number of hydrogen-bond acceptors (Lipinski definition) is 4. The van der Waals surface area contributed by atoms with E-state index in [1.54, 1.807) is 7.11 Å². The molecule has 152 valence electrons. The van der Waals surface area contributed by atoms with Crippen molar-refractivity contribution in [2.24, 2.45) is 5.92 Å². The van der Waals surface area contributed by atoms with Gasteiger partial charge in [0.1, 0.15) is 17.3 Å². The summed E-state index contributed by atoms with van der Waals surface area (Å²) < 4.78 is 7.52. The lowest BCUT2D eigenvalue weighted by Gasteiger charge is -2.32. The molecule has 7 heteroatoms. The van der Waals surface area contributed by atoms with Crippen molar-refractivity contribution in [3.63, 3.8) is 0 Å². The third kappa shape index (κ3) is 4.18. The lowest BCUT2D eigenvalue weighted by atomic mass is 9.96. The van der Waals surface area contributed by atoms with Gasteiger partial charge in [0.2, 0.25) is 0 Å². The Morgan fingerprint density at radius 2 is 2.10 bits per heavy atom. The van der Waals surface area contributed by atoms with Crippen LogP contribution in [0.4, 0.5) is 0 Å². The molecule has 0 bridgehead atoms. The van der Waals surface area contributed by atoms with Gasteiger partial charge in [-0.3, -0.25) is 9.89 Å². The Kier molecular flexibility index (Phi) is 5.64. The predicted octanol–water partition coefficient (Wildman–Crippen LogP) is 3.40. The van der Waals surface area contributed by atoms with Crippen molar-refractivity contribution in [3.8, 4) is 17.0 Å². The van der Waals surface area contributed by atoms with Crippen LogP contribution in [-0.4, -0.2) is 50.8 Å². The first kappa shape index (κ1) is 19.2. The van der Waals surface area contributed by atoms with Gasteiger partial charge in [0.15, 0.2) is 0 Å². The second kappa shape index (κ2) is 8.51. The number of rotatable bonds is 6. The van der Waals surface area contributed by atoms with E-state index in [0.29, 0.717) is 11.6 Å². The molecule has 3 aromatic rings. The number of aromatic amines is 1. The molecule has 1 amide bonds. The number of hydrogen-bond donors (Lipinski definition) is 1. The molecular weight excluding hydrogens is 366 g/mol. The molecule has 0 radical (unpaired) electrons. The standard InChI is InChI=1S/C22H27N5O2/c1-3-21-23-9-12-27(21)15-16-7-10-26(11-8-16)22(28)20-14-19(24-25-20)17-5-4-6-18(13-17)29-2/h4-6,9,12-14,16H,3,7-8,10-11,15H2,1-2H3,(H,24,25). The lowest BCUT2D eigenvalue weighted by Crippen LogP contribution is -2.39. The van der Waals surface area contributed by atoms with Crippen LogP contribution in [-0.2, 0) is 13.0 Å². The van der Waals surface area contributed by atoms with E-state index in [1.807, 2.05) is 41.4 Å². The summed E-state index contributed by atoms with van der Waals surface area (Å²) in [6.45, 7) is 4.65. The molecule has 1 aromatic carbocycles. The van der Waals surface area contributed by atoms with E-state index in [2.05, 4.69) is 32.9 Å². The molecule has 2 aromatic heterocycles. The number of benzene rings is 1. The molecule has 0 unspecified atom stereocenters. The van der Waals surface area contributed by atoms with Gasteiger partial charge in [-0.2, -0.15) is 5.10 Å². The van der Waals surface area contributed by atoms with Gasteiger partial charge in [0.05, 0.1) is 12.8 Å². The molecule has 1 aliphatic rings. The molecule has 0 atom stereocenters. The molecule has 3 heterocycles. The van der Waals surface area contributed by atoms with Gasteiger partial charge in [-0.1, -0.05) is 19.1 Å². The van der Waals surface area contributed by atoms with E-state index < -0.39 is 0 Å². The number of H-pyrrole nitrogens is 1. The minimum absolute atomic E-state index is 0.0157. The highest BCUT2D eigenvalue weighted by molar-refractivity contribution is 5.93. The van der Waals surface area contributed by atoms with Gasteiger partial charge < -0.3 is 14.2 Å². The molecule has 7 nitrogen and oxygen atoms in total. The number of likely N-dealkylation sites (tertiary alicyclic amines) is 1. The maximum atomic E-state index is 12.9. The van der Waals surface area contributed by atoms with Crippen LogP contribution in [0.3, 0.4) is 0 Å². The first-order valence-electron chi connectivity index (χ1n) is 10.2. The van der Waals surface area contributed by atoms with Gasteiger partial charge in [0, 0.05) is 44.0 Å². The third-order valence-electron chi connectivity index (χ3n) is 5.65. The van der Waals surface area contributed by atoms with E-state index in [4.69, 9.17) is 4.74 Å². The van der Waals surface area contributed by atoms with E-state index >= 15 is 0 Å². The minimum Gasteiger partial charge on any atom is -0.497 e. The maximum Gasteiger partial charge on any atom is 0.271 e. The topological polar surface area (TPSA) is 76.0 Å². The number of imidazole rings is 1. The summed E-state index contributed by atoms with van der Waals surface area (Å²) in [6.07, 6.45) is 6.88. The highest BCUT2D eigenvalue weighted by Gasteiger charge is 2.25. The lowest BCUT2D eigenvalue weighted by molar-refractivity contribution is 0.0676. The second-order valence-corrected chi connectivity index (χ2v) is 7.48. The number of piperidine rings is 1.